The monoisotopic (exact) mass is 290 g/mol. The van der Waals surface area contributed by atoms with Gasteiger partial charge < -0.3 is 4.74 Å². The van der Waals surface area contributed by atoms with Crippen molar-refractivity contribution < 1.29 is 4.74 Å². The number of nitrogens with one attached hydrogen (secondary N) is 1. The summed E-state index contributed by atoms with van der Waals surface area (Å²) in [5, 5.41) is 0. The fourth-order valence-corrected chi connectivity index (χ4v) is 3.46. The van der Waals surface area contributed by atoms with Gasteiger partial charge in [0.15, 0.2) is 0 Å². The molecule has 1 unspecified atom stereocenters. The molecule has 21 heavy (non-hydrogen) atoms. The summed E-state index contributed by atoms with van der Waals surface area (Å²) in [4.78, 5) is 0. The third-order valence-corrected chi connectivity index (χ3v) is 5.27. The van der Waals surface area contributed by atoms with Gasteiger partial charge in [0.05, 0.1) is 11.6 Å². The molecule has 0 spiro atoms. The van der Waals surface area contributed by atoms with Crippen molar-refractivity contribution >= 4 is 0 Å². The zero-order chi connectivity index (χ0) is 15.5. The first-order valence-electron chi connectivity index (χ1n) is 8.06. The van der Waals surface area contributed by atoms with E-state index in [1.807, 2.05) is 7.11 Å². The Morgan fingerprint density at radius 3 is 2.14 bits per heavy atom. The number of rotatable bonds is 5. The molecule has 1 atom stereocenters. The fourth-order valence-electron chi connectivity index (χ4n) is 3.46. The number of hydrogen-bond donors (Lipinski definition) is 2. The first kappa shape index (κ1) is 16.5. The summed E-state index contributed by atoms with van der Waals surface area (Å²) in [6.45, 7) is 6.86. The molecule has 0 aliphatic heterocycles. The highest BCUT2D eigenvalue weighted by molar-refractivity contribution is 5.27. The van der Waals surface area contributed by atoms with Crippen LogP contribution in [0, 0.1) is 5.41 Å². The van der Waals surface area contributed by atoms with Gasteiger partial charge in [0.2, 0.25) is 0 Å². The lowest BCUT2D eigenvalue weighted by Crippen LogP contribution is -2.51. The molecular weight excluding hydrogens is 260 g/mol. The molecule has 0 radical (unpaired) electrons. The molecule has 3 heteroatoms. The number of ether oxygens (including phenoxy) is 1. The van der Waals surface area contributed by atoms with E-state index in [-0.39, 0.29) is 11.6 Å². The van der Waals surface area contributed by atoms with Crippen molar-refractivity contribution in [3.63, 3.8) is 0 Å². The van der Waals surface area contributed by atoms with Gasteiger partial charge in [-0.3, -0.25) is 11.3 Å². The lowest BCUT2D eigenvalue weighted by molar-refractivity contribution is -0.0877. The molecule has 3 N–H and O–H groups in total. The highest BCUT2D eigenvalue weighted by Crippen LogP contribution is 2.47. The maximum absolute atomic E-state index is 5.99. The smallest absolute Gasteiger partial charge is 0.0885 e. The summed E-state index contributed by atoms with van der Waals surface area (Å²) in [6, 6.07) is 8.80. The highest BCUT2D eigenvalue weighted by atomic mass is 16.5. The molecule has 1 aromatic carbocycles. The molecule has 0 amide bonds. The first-order chi connectivity index (χ1) is 9.96. The SMILES string of the molecule is CCc1ccc(C(NN)C2(OC)CCC(C)(C)CC2)cc1. The molecule has 1 aromatic rings. The van der Waals surface area contributed by atoms with Crippen molar-refractivity contribution in [1.29, 1.82) is 0 Å². The molecule has 0 bridgehead atoms. The topological polar surface area (TPSA) is 47.3 Å². The van der Waals surface area contributed by atoms with Crippen LogP contribution in [0.2, 0.25) is 0 Å². The van der Waals surface area contributed by atoms with E-state index in [0.29, 0.717) is 5.41 Å². The summed E-state index contributed by atoms with van der Waals surface area (Å²) < 4.78 is 5.99. The summed E-state index contributed by atoms with van der Waals surface area (Å²) in [6.07, 6.45) is 5.49. The highest BCUT2D eigenvalue weighted by Gasteiger charge is 2.44. The second-order valence-corrected chi connectivity index (χ2v) is 7.13. The average Bonchev–Trinajstić information content (AvgIpc) is 2.50. The van der Waals surface area contributed by atoms with Gasteiger partial charge in [0.1, 0.15) is 0 Å². The van der Waals surface area contributed by atoms with Crippen molar-refractivity contribution in [3.05, 3.63) is 35.4 Å². The predicted molar refractivity (Wildman–Crippen MR) is 87.9 cm³/mol. The number of nitrogens with two attached hydrogens (primary N) is 1. The Morgan fingerprint density at radius 2 is 1.71 bits per heavy atom. The van der Waals surface area contributed by atoms with Crippen LogP contribution in [-0.4, -0.2) is 12.7 Å². The van der Waals surface area contributed by atoms with Gasteiger partial charge in [0.25, 0.3) is 0 Å². The van der Waals surface area contributed by atoms with Gasteiger partial charge in [-0.15, -0.1) is 0 Å². The predicted octanol–water partition coefficient (Wildman–Crippen LogP) is 3.74. The van der Waals surface area contributed by atoms with Crippen LogP contribution in [0.1, 0.15) is 63.6 Å². The molecule has 0 aromatic heterocycles. The van der Waals surface area contributed by atoms with E-state index in [0.717, 1.165) is 19.3 Å². The van der Waals surface area contributed by atoms with Crippen LogP contribution >= 0.6 is 0 Å². The molecule has 118 valence electrons. The lowest BCUT2D eigenvalue weighted by atomic mass is 9.67. The lowest BCUT2D eigenvalue weighted by Gasteiger charge is -2.47. The third kappa shape index (κ3) is 3.47. The third-order valence-electron chi connectivity index (χ3n) is 5.27. The molecule has 1 aliphatic carbocycles. The standard InChI is InChI=1S/C18H30N2O/c1-5-14-6-8-15(9-7-14)16(20-19)18(21-4)12-10-17(2,3)11-13-18/h6-9,16,20H,5,10-13,19H2,1-4H3. The van der Waals surface area contributed by atoms with Gasteiger partial charge >= 0.3 is 0 Å². The van der Waals surface area contributed by atoms with E-state index >= 15 is 0 Å². The van der Waals surface area contributed by atoms with Crippen LogP contribution in [0.5, 0.6) is 0 Å². The molecule has 0 saturated heterocycles. The summed E-state index contributed by atoms with van der Waals surface area (Å²) in [5.74, 6) is 5.90. The summed E-state index contributed by atoms with van der Waals surface area (Å²) >= 11 is 0. The molecule has 1 fully saturated rings. The fraction of sp³-hybridized carbons (Fsp3) is 0.667. The second kappa shape index (κ2) is 6.47. The van der Waals surface area contributed by atoms with Crippen LogP contribution in [0.25, 0.3) is 0 Å². The Bertz CT molecular complexity index is 443. The normalized spacial score (nSPS) is 22.0. The minimum atomic E-state index is -0.196. The zero-order valence-corrected chi connectivity index (χ0v) is 13.9. The largest absolute Gasteiger partial charge is 0.376 e. The molecule has 1 aliphatic rings. The summed E-state index contributed by atoms with van der Waals surface area (Å²) in [5.41, 5.74) is 5.80. The Morgan fingerprint density at radius 1 is 1.14 bits per heavy atom. The van der Waals surface area contributed by atoms with Crippen LogP contribution in [0.3, 0.4) is 0 Å². The molecule has 0 heterocycles. The second-order valence-electron chi connectivity index (χ2n) is 7.13. The van der Waals surface area contributed by atoms with E-state index in [2.05, 4.69) is 50.5 Å². The van der Waals surface area contributed by atoms with Crippen molar-refractivity contribution in [2.45, 2.75) is 64.5 Å². The number of hydrogen-bond acceptors (Lipinski definition) is 3. The van der Waals surface area contributed by atoms with E-state index in [1.165, 1.54) is 24.0 Å². The Kier molecular flexibility index (Phi) is 5.07. The Balaban J connectivity index is 2.25. The summed E-state index contributed by atoms with van der Waals surface area (Å²) in [7, 11) is 1.82. The minimum absolute atomic E-state index is 0.0458. The maximum atomic E-state index is 5.99. The number of hydrazine groups is 1. The van der Waals surface area contributed by atoms with Crippen LogP contribution in [0.4, 0.5) is 0 Å². The number of methoxy groups -OCH3 is 1. The Labute approximate surface area is 129 Å². The zero-order valence-electron chi connectivity index (χ0n) is 13.9. The number of benzene rings is 1. The van der Waals surface area contributed by atoms with Gasteiger partial charge in [-0.2, -0.15) is 0 Å². The minimum Gasteiger partial charge on any atom is -0.376 e. The van der Waals surface area contributed by atoms with Crippen LogP contribution in [-0.2, 0) is 11.2 Å². The van der Waals surface area contributed by atoms with Crippen molar-refractivity contribution in [1.82, 2.24) is 5.43 Å². The molecular formula is C18H30N2O. The van der Waals surface area contributed by atoms with E-state index in [4.69, 9.17) is 10.6 Å². The van der Waals surface area contributed by atoms with E-state index in [9.17, 15) is 0 Å². The van der Waals surface area contributed by atoms with Gasteiger partial charge in [-0.1, -0.05) is 45.0 Å². The average molecular weight is 290 g/mol. The maximum Gasteiger partial charge on any atom is 0.0885 e. The van der Waals surface area contributed by atoms with Crippen molar-refractivity contribution in [2.24, 2.45) is 11.3 Å². The Hall–Kier alpha value is -0.900. The van der Waals surface area contributed by atoms with Crippen LogP contribution in [0.15, 0.2) is 24.3 Å². The van der Waals surface area contributed by atoms with Gasteiger partial charge in [-0.25, -0.2) is 0 Å². The van der Waals surface area contributed by atoms with Crippen molar-refractivity contribution in [2.75, 3.05) is 7.11 Å². The van der Waals surface area contributed by atoms with Gasteiger partial charge in [0, 0.05) is 7.11 Å². The molecule has 2 rings (SSSR count). The number of aryl methyl sites for hydroxylation is 1. The van der Waals surface area contributed by atoms with E-state index in [1.54, 1.807) is 0 Å². The van der Waals surface area contributed by atoms with E-state index < -0.39 is 0 Å². The molecule has 1 saturated carbocycles. The van der Waals surface area contributed by atoms with Crippen LogP contribution < -0.4 is 11.3 Å². The van der Waals surface area contributed by atoms with Gasteiger partial charge in [-0.05, 0) is 48.6 Å². The quantitative estimate of drug-likeness (QED) is 0.641. The first-order valence-corrected chi connectivity index (χ1v) is 8.06. The van der Waals surface area contributed by atoms with Crippen molar-refractivity contribution in [3.8, 4) is 0 Å². The molecule has 3 nitrogen and oxygen atoms in total.